The maximum absolute atomic E-state index is 6.71. The third kappa shape index (κ3) is 2.53. The Hall–Kier alpha value is -4.35. The predicted octanol–water partition coefficient (Wildman–Crippen LogP) is 1.36. The number of hydroxylamine groups is 1. The Labute approximate surface area is 202 Å². The van der Waals surface area contributed by atoms with E-state index in [2.05, 4.69) is 56.2 Å². The Morgan fingerprint density at radius 1 is 1.00 bits per heavy atom. The average Bonchev–Trinajstić information content (AvgIpc) is 3.71. The van der Waals surface area contributed by atoms with Crippen molar-refractivity contribution in [2.75, 3.05) is 5.06 Å². The lowest BCUT2D eigenvalue weighted by Crippen LogP contribution is -2.57. The normalized spacial score (nSPS) is 24.3. The van der Waals surface area contributed by atoms with Gasteiger partial charge < -0.3 is 4.42 Å². The second-order valence-electron chi connectivity index (χ2n) is 7.43. The zero-order chi connectivity index (χ0) is 23.3. The van der Waals surface area contributed by atoms with E-state index in [0.29, 0.717) is 22.1 Å². The Morgan fingerprint density at radius 3 is 2.66 bits per heavy atom. The maximum atomic E-state index is 6.71. The number of rotatable bonds is 6. The molecule has 174 valence electrons. The molecular formula is C18H13N13O2S2. The molecule has 1 aliphatic heterocycles. The molecule has 3 unspecified atom stereocenters. The third-order valence-corrected chi connectivity index (χ3v) is 7.34. The van der Waals surface area contributed by atoms with E-state index >= 15 is 0 Å². The van der Waals surface area contributed by atoms with Crippen molar-refractivity contribution in [3.05, 3.63) is 81.9 Å². The summed E-state index contributed by atoms with van der Waals surface area (Å²) in [6, 6.07) is 3.76. The third-order valence-electron chi connectivity index (χ3n) is 5.97. The first-order valence-electron chi connectivity index (χ1n) is 10.1. The van der Waals surface area contributed by atoms with Crippen LogP contribution in [-0.2, 0) is 15.8 Å². The molecule has 3 N–H and O–H groups in total. The molecule has 17 heteroatoms. The molecular weight excluding hydrogens is 494 g/mol. The lowest BCUT2D eigenvalue weighted by Gasteiger charge is -2.42. The van der Waals surface area contributed by atoms with Gasteiger partial charge in [-0.2, -0.15) is 35.2 Å². The van der Waals surface area contributed by atoms with Crippen LogP contribution in [0.25, 0.3) is 0 Å². The number of nitrogens with one attached hydrogen (secondary N) is 3. The topological polar surface area (TPSA) is 189 Å². The van der Waals surface area contributed by atoms with Gasteiger partial charge in [0.05, 0.1) is 23.8 Å². The minimum Gasteiger partial charge on any atom is -0.446 e. The first kappa shape index (κ1) is 20.1. The Morgan fingerprint density at radius 2 is 2.00 bits per heavy atom. The number of aromatic nitrogens is 12. The molecule has 6 aromatic rings. The molecule has 0 aromatic carbocycles. The van der Waals surface area contributed by atoms with Crippen molar-refractivity contribution in [3.63, 3.8) is 0 Å². The van der Waals surface area contributed by atoms with Gasteiger partial charge >= 0.3 is 0 Å². The van der Waals surface area contributed by atoms with Crippen molar-refractivity contribution in [2.24, 2.45) is 0 Å². The first-order chi connectivity index (χ1) is 17.4. The fraction of sp³-hybridized carbons (Fsp3) is 0.167. The van der Waals surface area contributed by atoms with Crippen molar-refractivity contribution in [1.29, 1.82) is 0 Å². The van der Waals surface area contributed by atoms with Gasteiger partial charge in [-0.3, -0.25) is 9.94 Å². The molecule has 0 spiro atoms. The summed E-state index contributed by atoms with van der Waals surface area (Å²) in [5.74, 6) is 0.349. The summed E-state index contributed by atoms with van der Waals surface area (Å²) in [6.45, 7) is 0. The van der Waals surface area contributed by atoms with Crippen molar-refractivity contribution in [2.45, 2.75) is 17.1 Å². The van der Waals surface area contributed by atoms with Crippen LogP contribution in [0.3, 0.4) is 0 Å². The Bertz CT molecular complexity index is 1300. The summed E-state index contributed by atoms with van der Waals surface area (Å²) >= 11 is 2.73. The largest absolute Gasteiger partial charge is 0.446 e. The number of anilines is 1. The van der Waals surface area contributed by atoms with E-state index in [-0.39, 0.29) is 11.8 Å². The Balaban J connectivity index is 1.69. The summed E-state index contributed by atoms with van der Waals surface area (Å²) < 4.78 is 10.8. The molecule has 0 amide bonds. The molecule has 35 heavy (non-hydrogen) atoms. The van der Waals surface area contributed by atoms with Gasteiger partial charge in [0, 0.05) is 23.2 Å². The highest BCUT2D eigenvalue weighted by Crippen LogP contribution is 2.65. The predicted molar refractivity (Wildman–Crippen MR) is 118 cm³/mol. The highest BCUT2D eigenvalue weighted by molar-refractivity contribution is 7.09. The summed E-state index contributed by atoms with van der Waals surface area (Å²) in [7, 11) is 0. The molecule has 0 aliphatic carbocycles. The lowest BCUT2D eigenvalue weighted by molar-refractivity contribution is 0.0607. The molecule has 0 bridgehead atoms. The number of hydrogen-bond acceptors (Lipinski definition) is 14. The first-order valence-corrected chi connectivity index (χ1v) is 11.8. The number of thiazole rings is 1. The second-order valence-corrected chi connectivity index (χ2v) is 9.02. The van der Waals surface area contributed by atoms with Crippen LogP contribution in [-0.4, -0.2) is 60.6 Å². The van der Waals surface area contributed by atoms with E-state index in [9.17, 15) is 0 Å². The number of hydrogen-bond donors (Lipinski definition) is 3. The van der Waals surface area contributed by atoms with Crippen LogP contribution in [0, 0.1) is 0 Å². The number of tetrazole rings is 1. The zero-order valence-electron chi connectivity index (χ0n) is 17.4. The molecule has 6 aromatic heterocycles. The Kier molecular flexibility index (Phi) is 4.35. The van der Waals surface area contributed by atoms with Gasteiger partial charge in [0.1, 0.15) is 22.4 Å². The zero-order valence-corrected chi connectivity index (χ0v) is 19.0. The van der Waals surface area contributed by atoms with E-state index < -0.39 is 17.1 Å². The fourth-order valence-electron chi connectivity index (χ4n) is 4.78. The van der Waals surface area contributed by atoms with Gasteiger partial charge in [-0.25, -0.2) is 9.97 Å². The van der Waals surface area contributed by atoms with Crippen molar-refractivity contribution < 1.29 is 9.25 Å². The van der Waals surface area contributed by atoms with Crippen LogP contribution < -0.4 is 5.06 Å². The molecule has 1 saturated heterocycles. The van der Waals surface area contributed by atoms with Crippen molar-refractivity contribution >= 4 is 28.8 Å². The molecule has 1 fully saturated rings. The lowest BCUT2D eigenvalue weighted by atomic mass is 9.61. The van der Waals surface area contributed by atoms with Gasteiger partial charge in [-0.05, 0) is 28.9 Å². The molecule has 7 rings (SSSR count). The summed E-state index contributed by atoms with van der Waals surface area (Å²) in [5.41, 5.74) is -1.02. The van der Waals surface area contributed by atoms with E-state index in [4.69, 9.17) is 13.6 Å². The SMILES string of the molecule is c1cc(C2(c3ccsn3)C(c3nccs3)ON(c3nn[nH]n3)C2(c2cn[nH]n2)c2ncco2)[nH]n1. The second kappa shape index (κ2) is 7.58. The van der Waals surface area contributed by atoms with Gasteiger partial charge in [0.15, 0.2) is 6.10 Å². The molecule has 15 nitrogen and oxygen atoms in total. The molecule has 3 atom stereocenters. The monoisotopic (exact) mass is 507 g/mol. The maximum Gasteiger partial charge on any atom is 0.290 e. The van der Waals surface area contributed by atoms with E-state index in [1.54, 1.807) is 24.8 Å². The van der Waals surface area contributed by atoms with Crippen LogP contribution in [0.2, 0.25) is 0 Å². The van der Waals surface area contributed by atoms with Crippen LogP contribution in [0.4, 0.5) is 5.95 Å². The van der Waals surface area contributed by atoms with Crippen LogP contribution in [0.5, 0.6) is 0 Å². The summed E-state index contributed by atoms with van der Waals surface area (Å²) in [4.78, 5) is 15.9. The molecule has 0 saturated carbocycles. The average molecular weight is 508 g/mol. The summed E-state index contributed by atoms with van der Waals surface area (Å²) in [5, 5.41) is 39.3. The van der Waals surface area contributed by atoms with E-state index in [1.807, 2.05) is 22.9 Å². The standard InChI is InChI=1S/C18H13N13O2S2/c1-3-21-23-10(1)17(11-2-7-35-27-11)13(14-19-5-8-34-14)33-31(16-25-29-30-26-16)18(17,12-9-22-28-24-12)15-20-4-6-32-15/h1-9,13H,(H,21,23)(H,22,24,28)(H,25,26,29,30). The number of nitrogens with zero attached hydrogens (tertiary/aromatic N) is 10. The van der Waals surface area contributed by atoms with E-state index in [1.165, 1.54) is 34.2 Å². The van der Waals surface area contributed by atoms with Crippen LogP contribution >= 0.6 is 22.9 Å². The molecule has 7 heterocycles. The minimum atomic E-state index is -1.48. The highest BCUT2D eigenvalue weighted by Gasteiger charge is 2.76. The van der Waals surface area contributed by atoms with Crippen LogP contribution in [0.15, 0.2) is 58.4 Å². The van der Waals surface area contributed by atoms with E-state index in [0.717, 1.165) is 0 Å². The fourth-order valence-corrected chi connectivity index (χ4v) is 6.08. The smallest absolute Gasteiger partial charge is 0.290 e. The van der Waals surface area contributed by atoms with Gasteiger partial charge in [-0.1, -0.05) is 5.10 Å². The van der Waals surface area contributed by atoms with Gasteiger partial charge in [-0.15, -0.1) is 16.4 Å². The van der Waals surface area contributed by atoms with Crippen molar-refractivity contribution in [1.82, 2.24) is 60.6 Å². The molecule has 1 aliphatic rings. The van der Waals surface area contributed by atoms with Gasteiger partial charge in [0.2, 0.25) is 11.4 Å². The quantitative estimate of drug-likeness (QED) is 0.294. The highest BCUT2D eigenvalue weighted by atomic mass is 32.1. The molecule has 0 radical (unpaired) electrons. The number of H-pyrrole nitrogens is 3. The van der Waals surface area contributed by atoms with Gasteiger partial charge in [0.25, 0.3) is 5.95 Å². The minimum absolute atomic E-state index is 0.115. The number of oxazole rings is 1. The van der Waals surface area contributed by atoms with Crippen LogP contribution in [0.1, 0.15) is 34.1 Å². The number of aromatic amines is 3. The summed E-state index contributed by atoms with van der Waals surface area (Å²) in [6.07, 6.45) is 7.18. The van der Waals surface area contributed by atoms with Crippen molar-refractivity contribution in [3.8, 4) is 0 Å².